The van der Waals surface area contributed by atoms with Gasteiger partial charge in [-0.15, -0.1) is 11.3 Å². The van der Waals surface area contributed by atoms with Gasteiger partial charge in [-0.1, -0.05) is 6.07 Å². The van der Waals surface area contributed by atoms with E-state index >= 15 is 0 Å². The number of rotatable bonds is 4. The zero-order chi connectivity index (χ0) is 16.4. The molecule has 5 nitrogen and oxygen atoms in total. The fraction of sp³-hybridized carbons (Fsp3) is 0.389. The first kappa shape index (κ1) is 15.3. The maximum atomic E-state index is 13.0. The van der Waals surface area contributed by atoms with Crippen molar-refractivity contribution in [3.63, 3.8) is 0 Å². The largest absolute Gasteiger partial charge is 0.334 e. The van der Waals surface area contributed by atoms with Crippen LogP contribution in [0.1, 0.15) is 41.0 Å². The van der Waals surface area contributed by atoms with Crippen LogP contribution in [0.25, 0.3) is 5.65 Å². The molecule has 1 fully saturated rings. The summed E-state index contributed by atoms with van der Waals surface area (Å²) in [5.74, 6) is 0.0383. The highest BCUT2D eigenvalue weighted by molar-refractivity contribution is 7.09. The quantitative estimate of drug-likeness (QED) is 0.731. The Morgan fingerprint density at radius 2 is 2.29 bits per heavy atom. The van der Waals surface area contributed by atoms with Crippen LogP contribution in [-0.2, 0) is 6.42 Å². The van der Waals surface area contributed by atoms with Gasteiger partial charge in [0.15, 0.2) is 11.3 Å². The molecule has 6 heteroatoms. The third-order valence-corrected chi connectivity index (χ3v) is 5.58. The van der Waals surface area contributed by atoms with Crippen LogP contribution in [0, 0.1) is 0 Å². The second-order valence-electron chi connectivity index (χ2n) is 6.22. The second-order valence-corrected chi connectivity index (χ2v) is 7.25. The number of thiophene rings is 1. The molecule has 0 aliphatic carbocycles. The summed E-state index contributed by atoms with van der Waals surface area (Å²) in [6.45, 7) is 0.829. The van der Waals surface area contributed by atoms with Crippen LogP contribution >= 0.6 is 11.3 Å². The summed E-state index contributed by atoms with van der Waals surface area (Å²) in [4.78, 5) is 20.6. The number of likely N-dealkylation sites (tertiary alicyclic amines) is 1. The van der Waals surface area contributed by atoms with Crippen LogP contribution < -0.4 is 0 Å². The lowest BCUT2D eigenvalue weighted by Crippen LogP contribution is -2.44. The fourth-order valence-electron chi connectivity index (χ4n) is 3.41. The van der Waals surface area contributed by atoms with Gasteiger partial charge in [0.25, 0.3) is 5.91 Å². The summed E-state index contributed by atoms with van der Waals surface area (Å²) in [7, 11) is 0. The lowest BCUT2D eigenvalue weighted by atomic mass is 9.97. The van der Waals surface area contributed by atoms with Crippen molar-refractivity contribution in [1.82, 2.24) is 19.5 Å². The Balaban J connectivity index is 1.51. The van der Waals surface area contributed by atoms with E-state index in [2.05, 4.69) is 27.6 Å². The van der Waals surface area contributed by atoms with Gasteiger partial charge in [-0.2, -0.15) is 5.10 Å². The Morgan fingerprint density at radius 3 is 3.12 bits per heavy atom. The van der Waals surface area contributed by atoms with E-state index in [-0.39, 0.29) is 5.91 Å². The summed E-state index contributed by atoms with van der Waals surface area (Å²) in [6.07, 6.45) is 8.97. The Hall–Kier alpha value is -2.21. The predicted octanol–water partition coefficient (Wildman–Crippen LogP) is 3.42. The first-order valence-electron chi connectivity index (χ1n) is 8.45. The molecule has 0 spiro atoms. The molecule has 4 rings (SSSR count). The van der Waals surface area contributed by atoms with Crippen LogP contribution in [0.2, 0.25) is 0 Å². The number of aryl methyl sites for hydroxylation is 1. The molecule has 1 saturated heterocycles. The second kappa shape index (κ2) is 6.73. The maximum Gasteiger partial charge on any atom is 0.274 e. The molecule has 24 heavy (non-hydrogen) atoms. The van der Waals surface area contributed by atoms with Gasteiger partial charge < -0.3 is 4.90 Å². The van der Waals surface area contributed by atoms with Gasteiger partial charge in [0, 0.05) is 35.9 Å². The Bertz CT molecular complexity index is 794. The van der Waals surface area contributed by atoms with E-state index in [0.29, 0.717) is 17.4 Å². The van der Waals surface area contributed by atoms with Crippen molar-refractivity contribution in [3.8, 4) is 0 Å². The highest BCUT2D eigenvalue weighted by atomic mass is 32.1. The number of aromatic nitrogens is 3. The van der Waals surface area contributed by atoms with Gasteiger partial charge in [0.1, 0.15) is 0 Å². The van der Waals surface area contributed by atoms with Crippen molar-refractivity contribution in [2.75, 3.05) is 6.54 Å². The topological polar surface area (TPSA) is 50.5 Å². The lowest BCUT2D eigenvalue weighted by molar-refractivity contribution is 0.0596. The van der Waals surface area contributed by atoms with Crippen LogP contribution in [0.5, 0.6) is 0 Å². The van der Waals surface area contributed by atoms with Crippen LogP contribution in [0.4, 0.5) is 0 Å². The van der Waals surface area contributed by atoms with Gasteiger partial charge >= 0.3 is 0 Å². The van der Waals surface area contributed by atoms with Gasteiger partial charge in [0.2, 0.25) is 0 Å². The molecule has 0 N–H and O–H groups in total. The Kier molecular flexibility index (Phi) is 4.30. The smallest absolute Gasteiger partial charge is 0.274 e. The first-order valence-corrected chi connectivity index (χ1v) is 9.33. The summed E-state index contributed by atoms with van der Waals surface area (Å²) in [5.41, 5.74) is 1.21. The number of hydrogen-bond acceptors (Lipinski definition) is 4. The third-order valence-electron chi connectivity index (χ3n) is 4.65. The van der Waals surface area contributed by atoms with E-state index in [4.69, 9.17) is 0 Å². The van der Waals surface area contributed by atoms with Crippen LogP contribution in [-0.4, -0.2) is 38.0 Å². The van der Waals surface area contributed by atoms with Crippen LogP contribution in [0.15, 0.2) is 42.0 Å². The molecule has 1 unspecified atom stereocenters. The molecular weight excluding hydrogens is 320 g/mol. The van der Waals surface area contributed by atoms with E-state index in [9.17, 15) is 4.79 Å². The molecule has 4 heterocycles. The summed E-state index contributed by atoms with van der Waals surface area (Å²) in [6, 6.07) is 8.18. The van der Waals surface area contributed by atoms with E-state index < -0.39 is 0 Å². The van der Waals surface area contributed by atoms with Gasteiger partial charge in [-0.05, 0) is 49.6 Å². The first-order chi connectivity index (χ1) is 11.8. The fourth-order valence-corrected chi connectivity index (χ4v) is 4.14. The Labute approximate surface area is 144 Å². The molecule has 0 saturated carbocycles. The predicted molar refractivity (Wildman–Crippen MR) is 94.3 cm³/mol. The average molecular weight is 340 g/mol. The van der Waals surface area contributed by atoms with Gasteiger partial charge in [0.05, 0.1) is 0 Å². The molecule has 1 amide bonds. The van der Waals surface area contributed by atoms with Gasteiger partial charge in [-0.3, -0.25) is 4.79 Å². The zero-order valence-corrected chi connectivity index (χ0v) is 14.3. The number of hydrogen-bond donors (Lipinski definition) is 0. The van der Waals surface area contributed by atoms with E-state index in [0.717, 1.165) is 32.2 Å². The van der Waals surface area contributed by atoms with Gasteiger partial charge in [-0.25, -0.2) is 9.50 Å². The number of amides is 1. The standard InChI is InChI=1S/C18H20N4OS/c23-18(16-13-17-19-9-4-11-22(17)20-16)21-10-2-1-5-14(21)7-8-15-6-3-12-24-15/h3-4,6,9,11-14H,1-2,5,7-8,10H2. The monoisotopic (exact) mass is 340 g/mol. The normalized spacial score (nSPS) is 18.2. The van der Waals surface area contributed by atoms with Crippen LogP contribution in [0.3, 0.4) is 0 Å². The molecule has 1 atom stereocenters. The molecule has 3 aromatic rings. The lowest BCUT2D eigenvalue weighted by Gasteiger charge is -2.35. The van der Waals surface area contributed by atoms with Crippen molar-refractivity contribution in [2.45, 2.75) is 38.1 Å². The van der Waals surface area contributed by atoms with E-state index in [1.54, 1.807) is 28.1 Å². The van der Waals surface area contributed by atoms with E-state index in [1.165, 1.54) is 11.3 Å². The third kappa shape index (κ3) is 3.06. The van der Waals surface area contributed by atoms with Crippen molar-refractivity contribution in [1.29, 1.82) is 0 Å². The number of piperidine rings is 1. The van der Waals surface area contributed by atoms with Crippen molar-refractivity contribution < 1.29 is 4.79 Å². The van der Waals surface area contributed by atoms with Crippen molar-refractivity contribution >= 4 is 22.9 Å². The average Bonchev–Trinajstić information content (AvgIpc) is 3.29. The summed E-state index contributed by atoms with van der Waals surface area (Å²) >= 11 is 1.79. The minimum Gasteiger partial charge on any atom is -0.334 e. The minimum absolute atomic E-state index is 0.0383. The number of carbonyl (C=O) groups is 1. The molecule has 3 aromatic heterocycles. The zero-order valence-electron chi connectivity index (χ0n) is 13.5. The molecule has 124 valence electrons. The number of nitrogens with zero attached hydrogens (tertiary/aromatic N) is 4. The molecular formula is C18H20N4OS. The van der Waals surface area contributed by atoms with Crippen molar-refractivity contribution in [2.24, 2.45) is 0 Å². The molecule has 0 aromatic carbocycles. The SMILES string of the molecule is O=C(c1cc2ncccn2n1)N1CCCCC1CCc1cccs1. The highest BCUT2D eigenvalue weighted by Crippen LogP contribution is 2.24. The summed E-state index contributed by atoms with van der Waals surface area (Å²) < 4.78 is 1.66. The number of fused-ring (bicyclic) bond motifs is 1. The minimum atomic E-state index is 0.0383. The van der Waals surface area contributed by atoms with E-state index in [1.807, 2.05) is 17.2 Å². The molecule has 0 bridgehead atoms. The molecule has 1 aliphatic rings. The summed E-state index contributed by atoms with van der Waals surface area (Å²) in [5, 5.41) is 6.51. The maximum absolute atomic E-state index is 13.0. The molecule has 1 aliphatic heterocycles. The van der Waals surface area contributed by atoms with Crippen molar-refractivity contribution in [3.05, 3.63) is 52.6 Å². The molecule has 0 radical (unpaired) electrons. The Morgan fingerprint density at radius 1 is 1.33 bits per heavy atom. The highest BCUT2D eigenvalue weighted by Gasteiger charge is 2.28. The number of carbonyl (C=O) groups excluding carboxylic acids is 1.